The van der Waals surface area contributed by atoms with Gasteiger partial charge in [0.05, 0.1) is 17.5 Å². The number of aromatic nitrogens is 4. The quantitative estimate of drug-likeness (QED) is 0.514. The topological polar surface area (TPSA) is 98.9 Å². The predicted octanol–water partition coefficient (Wildman–Crippen LogP) is 0.956. The Morgan fingerprint density at radius 3 is 2.75 bits per heavy atom. The minimum absolute atomic E-state index is 0.239. The van der Waals surface area contributed by atoms with E-state index in [0.29, 0.717) is 5.95 Å². The molecule has 1 amide bonds. The summed E-state index contributed by atoms with van der Waals surface area (Å²) in [6.45, 7) is 4.83. The number of carbonyl (C=O) groups excluding carboxylic acids is 1. The maximum absolute atomic E-state index is 11.4. The standard InChI is InChI=1S/C19H21N7O2/c27-17(23-28)14-7-21-18(22-8-14)25-6-4-19(13-25)11-24(12-19)10-15-9-20-16-3-1-2-5-26(15)16/h1-3,5,7-9,28H,4,6,10-13H2,(H,23,27). The third-order valence-electron chi connectivity index (χ3n) is 5.72. The molecule has 0 saturated carbocycles. The second-order valence-corrected chi connectivity index (χ2v) is 7.71. The molecule has 2 aliphatic rings. The largest absolute Gasteiger partial charge is 0.340 e. The van der Waals surface area contributed by atoms with Gasteiger partial charge in [0.1, 0.15) is 5.65 Å². The van der Waals surface area contributed by atoms with Crippen LogP contribution in [0.2, 0.25) is 0 Å². The van der Waals surface area contributed by atoms with Gasteiger partial charge in [-0.05, 0) is 18.6 Å². The van der Waals surface area contributed by atoms with E-state index in [0.717, 1.165) is 44.8 Å². The highest BCUT2D eigenvalue weighted by molar-refractivity contribution is 5.92. The first-order valence-corrected chi connectivity index (χ1v) is 9.31. The van der Waals surface area contributed by atoms with Gasteiger partial charge in [0.25, 0.3) is 5.91 Å². The molecule has 1 spiro atoms. The van der Waals surface area contributed by atoms with E-state index in [2.05, 4.69) is 35.3 Å². The van der Waals surface area contributed by atoms with E-state index in [1.165, 1.54) is 18.1 Å². The second-order valence-electron chi connectivity index (χ2n) is 7.71. The Morgan fingerprint density at radius 2 is 1.96 bits per heavy atom. The zero-order valence-electron chi connectivity index (χ0n) is 15.3. The molecule has 0 aromatic carbocycles. The van der Waals surface area contributed by atoms with Crippen molar-refractivity contribution < 1.29 is 10.0 Å². The van der Waals surface area contributed by atoms with E-state index in [9.17, 15) is 4.79 Å². The number of amides is 1. The Hall–Kier alpha value is -3.04. The fraction of sp³-hybridized carbons (Fsp3) is 0.368. The number of hydrogen-bond acceptors (Lipinski definition) is 7. The van der Waals surface area contributed by atoms with Crippen molar-refractivity contribution in [2.75, 3.05) is 31.1 Å². The number of hydrogen-bond donors (Lipinski definition) is 2. The summed E-state index contributed by atoms with van der Waals surface area (Å²) < 4.78 is 2.14. The Morgan fingerprint density at radius 1 is 1.14 bits per heavy atom. The van der Waals surface area contributed by atoms with Crippen molar-refractivity contribution in [3.8, 4) is 0 Å². The normalized spacial score (nSPS) is 18.5. The number of likely N-dealkylation sites (tertiary alicyclic amines) is 1. The number of imidazole rings is 1. The fourth-order valence-corrected chi connectivity index (χ4v) is 4.38. The van der Waals surface area contributed by atoms with Crippen molar-refractivity contribution in [2.24, 2.45) is 5.41 Å². The van der Waals surface area contributed by atoms with Gasteiger partial charge in [-0.3, -0.25) is 14.9 Å². The number of nitrogens with zero attached hydrogens (tertiary/aromatic N) is 6. The van der Waals surface area contributed by atoms with Crippen LogP contribution in [0.1, 0.15) is 22.5 Å². The van der Waals surface area contributed by atoms with E-state index < -0.39 is 5.91 Å². The number of anilines is 1. The molecule has 2 fully saturated rings. The van der Waals surface area contributed by atoms with E-state index in [4.69, 9.17) is 5.21 Å². The molecule has 0 atom stereocenters. The molecule has 2 saturated heterocycles. The number of hydroxylamine groups is 1. The van der Waals surface area contributed by atoms with Crippen molar-refractivity contribution in [1.82, 2.24) is 29.7 Å². The van der Waals surface area contributed by atoms with Crippen LogP contribution in [0.4, 0.5) is 5.95 Å². The zero-order chi connectivity index (χ0) is 19.1. The molecule has 5 rings (SSSR count). The lowest BCUT2D eigenvalue weighted by Crippen LogP contribution is -2.57. The first kappa shape index (κ1) is 17.1. The average Bonchev–Trinajstić information content (AvgIpc) is 3.33. The SMILES string of the molecule is O=C(NO)c1cnc(N2CCC3(CN(Cc4cnc5ccccn45)C3)C2)nc1. The molecule has 0 bridgehead atoms. The summed E-state index contributed by atoms with van der Waals surface area (Å²) in [6, 6.07) is 6.05. The van der Waals surface area contributed by atoms with Crippen LogP contribution in [-0.2, 0) is 6.54 Å². The molecule has 9 heteroatoms. The summed E-state index contributed by atoms with van der Waals surface area (Å²) >= 11 is 0. The van der Waals surface area contributed by atoms with Gasteiger partial charge in [0, 0.05) is 56.7 Å². The Labute approximate surface area is 161 Å². The Balaban J connectivity index is 1.21. The van der Waals surface area contributed by atoms with Gasteiger partial charge in [-0.2, -0.15) is 0 Å². The van der Waals surface area contributed by atoms with Crippen LogP contribution in [0.5, 0.6) is 0 Å². The van der Waals surface area contributed by atoms with Gasteiger partial charge >= 0.3 is 0 Å². The maximum atomic E-state index is 11.4. The lowest BCUT2D eigenvalue weighted by molar-refractivity contribution is 0.0105. The number of fused-ring (bicyclic) bond motifs is 1. The first-order chi connectivity index (χ1) is 13.7. The number of nitrogens with one attached hydrogen (secondary N) is 1. The molecule has 3 aromatic rings. The van der Waals surface area contributed by atoms with Crippen molar-refractivity contribution >= 4 is 17.5 Å². The lowest BCUT2D eigenvalue weighted by atomic mass is 9.79. The minimum atomic E-state index is -0.605. The highest BCUT2D eigenvalue weighted by atomic mass is 16.5. The summed E-state index contributed by atoms with van der Waals surface area (Å²) in [4.78, 5) is 29.0. The minimum Gasteiger partial charge on any atom is -0.340 e. The summed E-state index contributed by atoms with van der Waals surface area (Å²) in [5, 5.41) is 8.68. The van der Waals surface area contributed by atoms with Gasteiger partial charge in [-0.1, -0.05) is 6.07 Å². The molecular weight excluding hydrogens is 358 g/mol. The lowest BCUT2D eigenvalue weighted by Gasteiger charge is -2.48. The van der Waals surface area contributed by atoms with Gasteiger partial charge in [0.15, 0.2) is 0 Å². The maximum Gasteiger partial charge on any atom is 0.277 e. The summed E-state index contributed by atoms with van der Waals surface area (Å²) in [7, 11) is 0. The molecule has 2 N–H and O–H groups in total. The molecule has 28 heavy (non-hydrogen) atoms. The Bertz CT molecular complexity index is 1010. The van der Waals surface area contributed by atoms with Gasteiger partial charge in [-0.15, -0.1) is 0 Å². The van der Waals surface area contributed by atoms with E-state index in [-0.39, 0.29) is 11.0 Å². The second kappa shape index (κ2) is 6.54. The van der Waals surface area contributed by atoms with Crippen molar-refractivity contribution in [2.45, 2.75) is 13.0 Å². The molecule has 9 nitrogen and oxygen atoms in total. The zero-order valence-corrected chi connectivity index (χ0v) is 15.3. The van der Waals surface area contributed by atoms with Crippen LogP contribution in [0.25, 0.3) is 5.65 Å². The van der Waals surface area contributed by atoms with Crippen LogP contribution >= 0.6 is 0 Å². The average molecular weight is 379 g/mol. The van der Waals surface area contributed by atoms with Crippen molar-refractivity contribution in [1.29, 1.82) is 0 Å². The van der Waals surface area contributed by atoms with Crippen LogP contribution in [-0.4, -0.2) is 61.5 Å². The molecule has 5 heterocycles. The molecule has 144 valence electrons. The van der Waals surface area contributed by atoms with Gasteiger partial charge in [0.2, 0.25) is 5.95 Å². The Kier molecular flexibility index (Phi) is 3.99. The molecule has 2 aliphatic heterocycles. The highest BCUT2D eigenvalue weighted by Crippen LogP contribution is 2.41. The van der Waals surface area contributed by atoms with E-state index in [1.54, 1.807) is 5.48 Å². The third-order valence-corrected chi connectivity index (χ3v) is 5.72. The molecule has 0 unspecified atom stereocenters. The fourth-order valence-electron chi connectivity index (χ4n) is 4.38. The van der Waals surface area contributed by atoms with Crippen LogP contribution in [0.3, 0.4) is 0 Å². The van der Waals surface area contributed by atoms with E-state index in [1.807, 2.05) is 24.4 Å². The third kappa shape index (κ3) is 2.88. The molecular formula is C19H21N7O2. The van der Waals surface area contributed by atoms with Crippen molar-refractivity contribution in [3.05, 3.63) is 54.2 Å². The smallest absolute Gasteiger partial charge is 0.277 e. The van der Waals surface area contributed by atoms with Crippen molar-refractivity contribution in [3.63, 3.8) is 0 Å². The van der Waals surface area contributed by atoms with E-state index >= 15 is 0 Å². The molecule has 0 radical (unpaired) electrons. The van der Waals surface area contributed by atoms with Gasteiger partial charge in [-0.25, -0.2) is 20.4 Å². The molecule has 0 aliphatic carbocycles. The summed E-state index contributed by atoms with van der Waals surface area (Å²) in [5.74, 6) is 0.0260. The molecule has 3 aromatic heterocycles. The van der Waals surface area contributed by atoms with Crippen LogP contribution in [0, 0.1) is 5.41 Å². The number of pyridine rings is 1. The highest BCUT2D eigenvalue weighted by Gasteiger charge is 2.48. The van der Waals surface area contributed by atoms with Crippen LogP contribution < -0.4 is 10.4 Å². The number of rotatable bonds is 4. The van der Waals surface area contributed by atoms with Gasteiger partial charge < -0.3 is 9.30 Å². The summed E-state index contributed by atoms with van der Waals surface area (Å²) in [6.07, 6.45) is 8.01. The first-order valence-electron chi connectivity index (χ1n) is 9.31. The predicted molar refractivity (Wildman–Crippen MR) is 101 cm³/mol. The number of carbonyl (C=O) groups is 1. The summed E-state index contributed by atoms with van der Waals surface area (Å²) in [5.41, 5.74) is 4.30. The monoisotopic (exact) mass is 379 g/mol. The van der Waals surface area contributed by atoms with Crippen LogP contribution in [0.15, 0.2) is 43.0 Å².